The Kier molecular flexibility index (Phi) is 5.66. The summed E-state index contributed by atoms with van der Waals surface area (Å²) in [6, 6.07) is 12.3. The highest BCUT2D eigenvalue weighted by atomic mass is 35.5. The first kappa shape index (κ1) is 20.9. The van der Waals surface area contributed by atoms with Crippen molar-refractivity contribution in [1.29, 1.82) is 0 Å². The Morgan fingerprint density at radius 3 is 2.61 bits per heavy atom. The average Bonchev–Trinajstić information content (AvgIpc) is 3.38. The number of hydrogen-bond acceptors (Lipinski definition) is 5. The number of rotatable bonds is 4. The summed E-state index contributed by atoms with van der Waals surface area (Å²) in [7, 11) is 0. The van der Waals surface area contributed by atoms with Crippen LogP contribution >= 0.6 is 22.9 Å². The molecule has 0 radical (unpaired) electrons. The largest absolute Gasteiger partial charge is 0.437 e. The number of amides is 1. The van der Waals surface area contributed by atoms with Gasteiger partial charge in [-0.3, -0.25) is 5.32 Å². The quantitative estimate of drug-likeness (QED) is 0.386. The van der Waals surface area contributed by atoms with Crippen molar-refractivity contribution in [3.05, 3.63) is 77.0 Å². The van der Waals surface area contributed by atoms with Crippen LogP contribution in [0, 0.1) is 0 Å². The van der Waals surface area contributed by atoms with E-state index in [1.807, 2.05) is 0 Å². The number of alkyl halides is 3. The molecule has 0 spiro atoms. The predicted molar refractivity (Wildman–Crippen MR) is 111 cm³/mol. The third kappa shape index (κ3) is 4.70. The van der Waals surface area contributed by atoms with E-state index in [4.69, 9.17) is 16.3 Å². The number of ether oxygens (including phenoxy) is 1. The summed E-state index contributed by atoms with van der Waals surface area (Å²) in [6.45, 7) is 0. The smallest absolute Gasteiger partial charge is 0.406 e. The van der Waals surface area contributed by atoms with E-state index in [1.165, 1.54) is 35.6 Å². The Balaban J connectivity index is 1.57. The second-order valence-corrected chi connectivity index (χ2v) is 7.51. The average molecular weight is 465 g/mol. The molecule has 158 valence electrons. The first-order valence-electron chi connectivity index (χ1n) is 8.71. The van der Waals surface area contributed by atoms with Gasteiger partial charge in [0.2, 0.25) is 0 Å². The second-order valence-electron chi connectivity index (χ2n) is 6.18. The van der Waals surface area contributed by atoms with Crippen molar-refractivity contribution < 1.29 is 22.7 Å². The summed E-state index contributed by atoms with van der Waals surface area (Å²) in [5.41, 5.74) is -0.0136. The topological polar surface area (TPSA) is 69.0 Å². The number of carbonyl (C=O) groups is 1. The minimum Gasteiger partial charge on any atom is -0.406 e. The molecule has 4 aromatic rings. The van der Waals surface area contributed by atoms with E-state index in [2.05, 4.69) is 15.4 Å². The van der Waals surface area contributed by atoms with Gasteiger partial charge in [0.15, 0.2) is 11.4 Å². The number of thiazole rings is 1. The highest BCUT2D eigenvalue weighted by Crippen LogP contribution is 2.38. The molecule has 1 amide bonds. The third-order valence-electron chi connectivity index (χ3n) is 4.07. The number of halogens is 4. The molecular formula is C20H12ClF3N4O2S. The lowest BCUT2D eigenvalue weighted by Crippen LogP contribution is -2.20. The lowest BCUT2D eigenvalue weighted by Gasteiger charge is -2.13. The molecule has 0 aliphatic heterocycles. The number of aromatic nitrogens is 3. The highest BCUT2D eigenvalue weighted by molar-refractivity contribution is 7.13. The van der Waals surface area contributed by atoms with Crippen molar-refractivity contribution in [1.82, 2.24) is 14.8 Å². The first-order chi connectivity index (χ1) is 14.8. The van der Waals surface area contributed by atoms with E-state index in [1.54, 1.807) is 35.8 Å². The zero-order chi connectivity index (χ0) is 22.0. The zero-order valence-electron chi connectivity index (χ0n) is 15.4. The molecule has 0 unspecified atom stereocenters. The fraction of sp³-hybridized carbons (Fsp3) is 0.0500. The molecular weight excluding hydrogens is 453 g/mol. The summed E-state index contributed by atoms with van der Waals surface area (Å²) < 4.78 is 46.7. The molecule has 0 aliphatic rings. The van der Waals surface area contributed by atoms with Gasteiger partial charge in [0.25, 0.3) is 0 Å². The van der Waals surface area contributed by atoms with Crippen LogP contribution in [0.25, 0.3) is 16.3 Å². The van der Waals surface area contributed by atoms with Crippen LogP contribution in [0.4, 0.5) is 23.7 Å². The Labute approximate surface area is 182 Å². The number of nitrogens with zero attached hydrogens (tertiary/aromatic N) is 3. The van der Waals surface area contributed by atoms with Gasteiger partial charge in [0.05, 0.1) is 11.9 Å². The summed E-state index contributed by atoms with van der Waals surface area (Å²) in [5.74, 6) is -0.726. The van der Waals surface area contributed by atoms with E-state index in [9.17, 15) is 18.0 Å². The van der Waals surface area contributed by atoms with Gasteiger partial charge in [0, 0.05) is 27.9 Å². The third-order valence-corrected chi connectivity index (χ3v) is 5.14. The van der Waals surface area contributed by atoms with E-state index in [0.29, 0.717) is 15.4 Å². The van der Waals surface area contributed by atoms with Gasteiger partial charge in [0.1, 0.15) is 5.01 Å². The van der Waals surface area contributed by atoms with Gasteiger partial charge in [-0.05, 0) is 36.4 Å². The Bertz CT molecular complexity index is 1210. The maximum Gasteiger partial charge on any atom is 0.437 e. The van der Waals surface area contributed by atoms with Gasteiger partial charge < -0.3 is 4.74 Å². The molecule has 0 saturated carbocycles. The fourth-order valence-electron chi connectivity index (χ4n) is 2.79. The van der Waals surface area contributed by atoms with Crippen LogP contribution in [0.2, 0.25) is 5.02 Å². The lowest BCUT2D eigenvalue weighted by atomic mass is 10.2. The number of nitrogens with one attached hydrogen (secondary N) is 1. The van der Waals surface area contributed by atoms with Crippen molar-refractivity contribution in [3.63, 3.8) is 0 Å². The van der Waals surface area contributed by atoms with E-state index >= 15 is 0 Å². The maximum atomic E-state index is 13.7. The Morgan fingerprint density at radius 1 is 1.16 bits per heavy atom. The van der Waals surface area contributed by atoms with Gasteiger partial charge in [-0.25, -0.2) is 14.5 Å². The van der Waals surface area contributed by atoms with Crippen LogP contribution in [-0.2, 0) is 6.18 Å². The number of hydrogen-bond donors (Lipinski definition) is 1. The highest BCUT2D eigenvalue weighted by Gasteiger charge is 2.40. The molecule has 6 nitrogen and oxygen atoms in total. The predicted octanol–water partition coefficient (Wildman–Crippen LogP) is 6.28. The van der Waals surface area contributed by atoms with Crippen LogP contribution in [-0.4, -0.2) is 20.9 Å². The molecule has 11 heteroatoms. The maximum absolute atomic E-state index is 13.7. The van der Waals surface area contributed by atoms with E-state index in [-0.39, 0.29) is 5.69 Å². The fourth-order valence-corrected chi connectivity index (χ4v) is 3.55. The van der Waals surface area contributed by atoms with E-state index in [0.717, 1.165) is 16.8 Å². The summed E-state index contributed by atoms with van der Waals surface area (Å²) in [4.78, 5) is 16.5. The number of carbonyl (C=O) groups excluding carboxylic acids is 1. The van der Waals surface area contributed by atoms with Crippen molar-refractivity contribution in [3.8, 4) is 22.0 Å². The molecule has 0 atom stereocenters. The normalized spacial score (nSPS) is 11.4. The molecule has 2 aromatic heterocycles. The van der Waals surface area contributed by atoms with Gasteiger partial charge in [-0.15, -0.1) is 11.3 Å². The molecule has 0 saturated heterocycles. The lowest BCUT2D eigenvalue weighted by molar-refractivity contribution is -0.143. The number of benzene rings is 2. The molecule has 1 N–H and O–H groups in total. The molecule has 2 aromatic carbocycles. The minimum absolute atomic E-state index is 0.114. The zero-order valence-corrected chi connectivity index (χ0v) is 17.0. The minimum atomic E-state index is -4.82. The van der Waals surface area contributed by atoms with Crippen LogP contribution in [0.3, 0.4) is 0 Å². The Hall–Kier alpha value is -3.37. The van der Waals surface area contributed by atoms with Crippen molar-refractivity contribution in [2.24, 2.45) is 0 Å². The molecule has 31 heavy (non-hydrogen) atoms. The summed E-state index contributed by atoms with van der Waals surface area (Å²) in [5, 5.41) is 9.06. The molecule has 2 heterocycles. The SMILES string of the molecule is O=C(Nc1cccc(-c2nccs2)c1)Oc1cnn(-c2ccc(Cl)cc2)c1C(F)(F)F. The summed E-state index contributed by atoms with van der Waals surface area (Å²) >= 11 is 7.20. The molecule has 0 fully saturated rings. The Morgan fingerprint density at radius 2 is 1.94 bits per heavy atom. The second kappa shape index (κ2) is 8.40. The van der Waals surface area contributed by atoms with E-state index < -0.39 is 23.7 Å². The van der Waals surface area contributed by atoms with Crippen molar-refractivity contribution >= 4 is 34.7 Å². The standard InChI is InChI=1S/C20H12ClF3N4O2S/c21-13-4-6-15(7-5-13)28-17(20(22,23)24)16(11-26-28)30-19(29)27-14-3-1-2-12(10-14)18-25-8-9-31-18/h1-11H,(H,27,29). The number of anilines is 1. The molecule has 0 bridgehead atoms. The van der Waals surface area contributed by atoms with Crippen LogP contribution in [0.1, 0.15) is 5.69 Å². The monoisotopic (exact) mass is 464 g/mol. The summed E-state index contributed by atoms with van der Waals surface area (Å²) in [6.07, 6.45) is -3.43. The van der Waals surface area contributed by atoms with Crippen LogP contribution < -0.4 is 10.1 Å². The van der Waals surface area contributed by atoms with Crippen LogP contribution in [0.15, 0.2) is 66.3 Å². The van der Waals surface area contributed by atoms with Crippen molar-refractivity contribution in [2.45, 2.75) is 6.18 Å². The first-order valence-corrected chi connectivity index (χ1v) is 9.97. The van der Waals surface area contributed by atoms with Crippen LogP contribution in [0.5, 0.6) is 5.75 Å². The van der Waals surface area contributed by atoms with Gasteiger partial charge >= 0.3 is 12.3 Å². The van der Waals surface area contributed by atoms with Gasteiger partial charge in [-0.1, -0.05) is 23.7 Å². The van der Waals surface area contributed by atoms with Crippen molar-refractivity contribution in [2.75, 3.05) is 5.32 Å². The van der Waals surface area contributed by atoms with Gasteiger partial charge in [-0.2, -0.15) is 18.3 Å². The molecule has 0 aliphatic carbocycles. The molecule has 4 rings (SSSR count).